The lowest BCUT2D eigenvalue weighted by Crippen LogP contribution is -2.56. The summed E-state index contributed by atoms with van der Waals surface area (Å²) in [6.07, 6.45) is 1.61. The van der Waals surface area contributed by atoms with Crippen LogP contribution in [0.2, 0.25) is 0 Å². The molecule has 6 amide bonds. The molecule has 1 heterocycles. The van der Waals surface area contributed by atoms with E-state index in [1.807, 2.05) is 25.1 Å². The SMILES string of the molecule is CC(=O)CC(C(=O)NCC(=O)N1CCCC1)N(C(=O)CNC(=O)Cc1ccc(NC(=O)Nc2ccccc2C)cc1)C(C)C. The van der Waals surface area contributed by atoms with E-state index in [1.165, 1.54) is 11.8 Å². The van der Waals surface area contributed by atoms with Crippen molar-refractivity contribution >= 4 is 46.8 Å². The summed E-state index contributed by atoms with van der Waals surface area (Å²) in [5.41, 5.74) is 2.84. The fraction of sp³-hybridized carbons (Fsp3) is 0.438. The van der Waals surface area contributed by atoms with Gasteiger partial charge in [0.25, 0.3) is 0 Å². The zero-order valence-electron chi connectivity index (χ0n) is 25.8. The largest absolute Gasteiger partial charge is 0.347 e. The summed E-state index contributed by atoms with van der Waals surface area (Å²) in [5, 5.41) is 10.7. The van der Waals surface area contributed by atoms with Crippen molar-refractivity contribution in [2.45, 2.75) is 65.5 Å². The van der Waals surface area contributed by atoms with Gasteiger partial charge in [-0.25, -0.2) is 4.79 Å². The average Bonchev–Trinajstić information content (AvgIpc) is 3.51. The number of carbonyl (C=O) groups excluding carboxylic acids is 6. The monoisotopic (exact) mass is 606 g/mol. The summed E-state index contributed by atoms with van der Waals surface area (Å²) < 4.78 is 0. The van der Waals surface area contributed by atoms with E-state index in [4.69, 9.17) is 0 Å². The second kappa shape index (κ2) is 16.2. The number of nitrogens with zero attached hydrogens (tertiary/aromatic N) is 2. The molecule has 1 fully saturated rings. The lowest BCUT2D eigenvalue weighted by Gasteiger charge is -2.34. The predicted octanol–water partition coefficient (Wildman–Crippen LogP) is 2.62. The third-order valence-electron chi connectivity index (χ3n) is 7.24. The number of carbonyl (C=O) groups is 6. The fourth-order valence-corrected chi connectivity index (χ4v) is 4.99. The first kappa shape index (κ1) is 33.8. The number of urea groups is 1. The zero-order chi connectivity index (χ0) is 32.2. The molecule has 12 nitrogen and oxygen atoms in total. The van der Waals surface area contributed by atoms with Crippen LogP contribution in [0, 0.1) is 6.92 Å². The van der Waals surface area contributed by atoms with E-state index in [2.05, 4.69) is 21.3 Å². The van der Waals surface area contributed by atoms with Gasteiger partial charge >= 0.3 is 6.03 Å². The van der Waals surface area contributed by atoms with E-state index in [9.17, 15) is 28.8 Å². The van der Waals surface area contributed by atoms with Crippen LogP contribution in [0.3, 0.4) is 0 Å². The zero-order valence-corrected chi connectivity index (χ0v) is 25.8. The van der Waals surface area contributed by atoms with E-state index in [1.54, 1.807) is 49.1 Å². The van der Waals surface area contributed by atoms with Crippen molar-refractivity contribution in [3.05, 3.63) is 59.7 Å². The number of para-hydroxylation sites is 1. The molecule has 0 saturated carbocycles. The smallest absolute Gasteiger partial charge is 0.323 e. The van der Waals surface area contributed by atoms with Crippen LogP contribution < -0.4 is 21.3 Å². The maximum Gasteiger partial charge on any atom is 0.323 e. The van der Waals surface area contributed by atoms with Gasteiger partial charge in [-0.2, -0.15) is 0 Å². The van der Waals surface area contributed by atoms with Crippen LogP contribution in [0.1, 0.15) is 51.2 Å². The van der Waals surface area contributed by atoms with Gasteiger partial charge in [-0.15, -0.1) is 0 Å². The number of hydrogen-bond donors (Lipinski definition) is 4. The van der Waals surface area contributed by atoms with E-state index in [0.29, 0.717) is 30.0 Å². The maximum atomic E-state index is 13.2. The summed E-state index contributed by atoms with van der Waals surface area (Å²) in [4.78, 5) is 78.7. The van der Waals surface area contributed by atoms with Crippen molar-refractivity contribution in [1.82, 2.24) is 20.4 Å². The first-order valence-electron chi connectivity index (χ1n) is 14.8. The third kappa shape index (κ3) is 10.2. The highest BCUT2D eigenvalue weighted by molar-refractivity contribution is 6.00. The van der Waals surface area contributed by atoms with E-state index >= 15 is 0 Å². The van der Waals surface area contributed by atoms with Crippen LogP contribution in [0.4, 0.5) is 16.2 Å². The van der Waals surface area contributed by atoms with Crippen LogP contribution in [-0.4, -0.2) is 83.5 Å². The van der Waals surface area contributed by atoms with Gasteiger partial charge in [-0.1, -0.05) is 30.3 Å². The lowest BCUT2D eigenvalue weighted by atomic mass is 10.1. The summed E-state index contributed by atoms with van der Waals surface area (Å²) in [7, 11) is 0. The molecule has 1 atom stereocenters. The number of Topliss-reactive ketones (excluding diaryl/α,β-unsaturated/α-hetero) is 1. The molecule has 1 aliphatic rings. The van der Waals surface area contributed by atoms with E-state index in [0.717, 1.165) is 18.4 Å². The van der Waals surface area contributed by atoms with Crippen LogP contribution >= 0.6 is 0 Å². The molecular weight excluding hydrogens is 564 g/mol. The molecular formula is C32H42N6O6. The second-order valence-electron chi connectivity index (χ2n) is 11.2. The molecule has 4 N–H and O–H groups in total. The minimum atomic E-state index is -1.12. The normalized spacial score (nSPS) is 13.2. The van der Waals surface area contributed by atoms with Crippen LogP contribution in [0.25, 0.3) is 0 Å². The topological polar surface area (TPSA) is 157 Å². The molecule has 2 aromatic rings. The highest BCUT2D eigenvalue weighted by Gasteiger charge is 2.33. The Labute approximate surface area is 257 Å². The van der Waals surface area contributed by atoms with Crippen LogP contribution in [0.15, 0.2) is 48.5 Å². The number of benzene rings is 2. The Hall–Kier alpha value is -4.74. The number of nitrogens with one attached hydrogen (secondary N) is 4. The molecule has 0 radical (unpaired) electrons. The standard InChI is InChI=1S/C32H42N6O6/c1-21(2)38(27(17-23(4)39)31(43)34-19-29(41)37-15-7-8-16-37)30(42)20-33-28(40)18-24-11-13-25(14-12-24)35-32(44)36-26-10-6-5-9-22(26)3/h5-6,9-14,21,27H,7-8,15-20H2,1-4H3,(H,33,40)(H,34,43)(H2,35,36,44). The van der Waals surface area contributed by atoms with Crippen molar-refractivity contribution in [3.63, 3.8) is 0 Å². The van der Waals surface area contributed by atoms with Crippen molar-refractivity contribution in [1.29, 1.82) is 0 Å². The predicted molar refractivity (Wildman–Crippen MR) is 167 cm³/mol. The first-order chi connectivity index (χ1) is 20.9. The van der Waals surface area contributed by atoms with Crippen molar-refractivity contribution in [2.24, 2.45) is 0 Å². The Bertz CT molecular complexity index is 1350. The quantitative estimate of drug-likeness (QED) is 0.275. The highest BCUT2D eigenvalue weighted by Crippen LogP contribution is 2.16. The molecule has 0 aromatic heterocycles. The molecule has 1 aliphatic heterocycles. The number of ketones is 1. The Balaban J connectivity index is 1.53. The molecule has 12 heteroatoms. The van der Waals surface area contributed by atoms with Gasteiger partial charge in [0.2, 0.25) is 23.6 Å². The molecule has 3 rings (SSSR count). The fourth-order valence-electron chi connectivity index (χ4n) is 4.99. The summed E-state index contributed by atoms with van der Waals surface area (Å²) in [5.74, 6) is -2.03. The van der Waals surface area contributed by atoms with Gasteiger partial charge in [-0.3, -0.25) is 24.0 Å². The van der Waals surface area contributed by atoms with Gasteiger partial charge < -0.3 is 31.1 Å². The number of aryl methyl sites for hydroxylation is 1. The average molecular weight is 607 g/mol. The van der Waals surface area contributed by atoms with Crippen molar-refractivity contribution in [3.8, 4) is 0 Å². The summed E-state index contributed by atoms with van der Waals surface area (Å²) in [6.45, 7) is 7.37. The number of rotatable bonds is 13. The van der Waals surface area contributed by atoms with Gasteiger partial charge in [-0.05, 0) is 69.9 Å². The molecule has 0 aliphatic carbocycles. The minimum absolute atomic E-state index is 0.0133. The van der Waals surface area contributed by atoms with E-state index < -0.39 is 35.8 Å². The lowest BCUT2D eigenvalue weighted by molar-refractivity contribution is -0.144. The van der Waals surface area contributed by atoms with Gasteiger partial charge in [0, 0.05) is 36.9 Å². The Morgan fingerprint density at radius 3 is 2.14 bits per heavy atom. The number of amides is 6. The molecule has 0 spiro atoms. The van der Waals surface area contributed by atoms with Crippen molar-refractivity contribution < 1.29 is 28.8 Å². The van der Waals surface area contributed by atoms with Gasteiger partial charge in [0.15, 0.2) is 0 Å². The molecule has 0 bridgehead atoms. The second-order valence-corrected chi connectivity index (χ2v) is 11.2. The summed E-state index contributed by atoms with van der Waals surface area (Å²) in [6, 6.07) is 12.2. The first-order valence-corrected chi connectivity index (χ1v) is 14.8. The summed E-state index contributed by atoms with van der Waals surface area (Å²) >= 11 is 0. The molecule has 44 heavy (non-hydrogen) atoms. The van der Waals surface area contributed by atoms with Crippen molar-refractivity contribution in [2.75, 3.05) is 36.8 Å². The Kier molecular flexibility index (Phi) is 12.4. The number of likely N-dealkylation sites (tertiary alicyclic amines) is 1. The van der Waals surface area contributed by atoms with Crippen LogP contribution in [-0.2, 0) is 30.4 Å². The molecule has 1 saturated heterocycles. The minimum Gasteiger partial charge on any atom is -0.347 e. The molecule has 1 unspecified atom stereocenters. The van der Waals surface area contributed by atoms with Crippen LogP contribution in [0.5, 0.6) is 0 Å². The van der Waals surface area contributed by atoms with E-state index in [-0.39, 0.29) is 37.6 Å². The Morgan fingerprint density at radius 2 is 1.52 bits per heavy atom. The van der Waals surface area contributed by atoms with Gasteiger partial charge in [0.1, 0.15) is 11.8 Å². The number of hydrogen-bond acceptors (Lipinski definition) is 6. The number of anilines is 2. The molecule has 2 aromatic carbocycles. The van der Waals surface area contributed by atoms with Gasteiger partial charge in [0.05, 0.1) is 19.5 Å². The maximum absolute atomic E-state index is 13.2. The highest BCUT2D eigenvalue weighted by atomic mass is 16.2. The third-order valence-corrected chi connectivity index (χ3v) is 7.24. The Morgan fingerprint density at radius 1 is 0.864 bits per heavy atom. The molecule has 236 valence electrons.